The van der Waals surface area contributed by atoms with Crippen LogP contribution in [0.5, 0.6) is 5.75 Å². The third kappa shape index (κ3) is 7.34. The minimum Gasteiger partial charge on any atom is -0.508 e. The number of β-amino-alcohol motifs (C(OH)–C–C–N with tert-alkyl or cyclic N) is 1. The number of carbonyl (C=O) groups excluding carboxylic acids is 2. The minimum absolute atomic E-state index is 0.00365. The smallest absolute Gasteiger partial charge is 0.160 e. The molecule has 354 valence electrons. The van der Waals surface area contributed by atoms with Crippen LogP contribution in [0.2, 0.25) is 0 Å². The highest BCUT2D eigenvalue weighted by molar-refractivity contribution is 6.01. The summed E-state index contributed by atoms with van der Waals surface area (Å²) in [6.07, 6.45) is 15.8. The number of benzene rings is 2. The average molecular weight is 889 g/mol. The number of ether oxygens (including phenoxy) is 1. The molecule has 8 nitrogen and oxygen atoms in total. The molecule has 65 heavy (non-hydrogen) atoms. The van der Waals surface area contributed by atoms with E-state index in [9.17, 15) is 15.3 Å². The number of epoxide rings is 1. The molecule has 0 amide bonds. The van der Waals surface area contributed by atoms with Crippen molar-refractivity contribution in [3.63, 3.8) is 0 Å². The lowest BCUT2D eigenvalue weighted by Crippen LogP contribution is -2.70. The number of phenols is 1. The summed E-state index contributed by atoms with van der Waals surface area (Å²) >= 11 is 0. The lowest BCUT2D eigenvalue weighted by molar-refractivity contribution is -0.198. The maximum Gasteiger partial charge on any atom is 0.160 e. The highest BCUT2D eigenvalue weighted by atomic mass is 16.6. The number of allylic oxidation sites excluding steroid dienone is 2. The molecule has 2 aromatic carbocycles. The molecule has 0 bridgehead atoms. The van der Waals surface area contributed by atoms with E-state index in [0.29, 0.717) is 61.5 Å². The van der Waals surface area contributed by atoms with Gasteiger partial charge in [-0.2, -0.15) is 0 Å². The molecule has 0 radical (unpaired) electrons. The maximum atomic E-state index is 15.3. The van der Waals surface area contributed by atoms with Crippen LogP contribution in [-0.2, 0) is 14.3 Å². The molecule has 2 heterocycles. The van der Waals surface area contributed by atoms with E-state index in [2.05, 4.69) is 58.1 Å². The Bertz CT molecular complexity index is 2210. The Hall–Kier alpha value is -3.04. The summed E-state index contributed by atoms with van der Waals surface area (Å²) in [6.45, 7) is 14.3. The number of nitrogens with two attached hydrogens (primary N) is 1. The van der Waals surface area contributed by atoms with Gasteiger partial charge in [-0.1, -0.05) is 96.1 Å². The van der Waals surface area contributed by atoms with Crippen molar-refractivity contribution >= 4 is 17.3 Å². The van der Waals surface area contributed by atoms with E-state index in [0.717, 1.165) is 87.5 Å². The van der Waals surface area contributed by atoms with Crippen molar-refractivity contribution < 1.29 is 29.6 Å². The Balaban J connectivity index is 1.01. The summed E-state index contributed by atoms with van der Waals surface area (Å²) in [4.78, 5) is 30.5. The third-order valence-corrected chi connectivity index (χ3v) is 20.9. The predicted octanol–water partition coefficient (Wildman–Crippen LogP) is 10.7. The van der Waals surface area contributed by atoms with Gasteiger partial charge in [0.15, 0.2) is 5.78 Å². The number of anilines is 1. The minimum atomic E-state index is -0.855. The summed E-state index contributed by atoms with van der Waals surface area (Å²) in [7, 11) is 0. The Labute approximate surface area is 389 Å². The van der Waals surface area contributed by atoms with Gasteiger partial charge in [0.05, 0.1) is 17.3 Å². The number of hydrogen-bond donors (Lipinski definition) is 5. The molecule has 5 saturated carbocycles. The summed E-state index contributed by atoms with van der Waals surface area (Å²) in [5.74, 6) is 1.80. The monoisotopic (exact) mass is 889 g/mol. The highest BCUT2D eigenvalue weighted by Gasteiger charge is 2.72. The molecule has 15 unspecified atom stereocenters. The number of ketones is 2. The Morgan fingerprint density at radius 3 is 2.34 bits per heavy atom. The zero-order valence-electron chi connectivity index (χ0n) is 40.5. The van der Waals surface area contributed by atoms with E-state index in [4.69, 9.17) is 10.5 Å². The van der Waals surface area contributed by atoms with Crippen LogP contribution < -0.4 is 11.1 Å². The fourth-order valence-corrected chi connectivity index (χ4v) is 17.8. The number of hydrogen-bond acceptors (Lipinski definition) is 8. The van der Waals surface area contributed by atoms with E-state index >= 15 is 9.59 Å². The average Bonchev–Trinajstić information content (AvgIpc) is 3.56. The first-order chi connectivity index (χ1) is 30.8. The van der Waals surface area contributed by atoms with Crippen LogP contribution in [0.3, 0.4) is 0 Å². The van der Waals surface area contributed by atoms with Crippen LogP contribution in [0.1, 0.15) is 180 Å². The SMILES string of the molecule is CC1(O)CCCCC2(C)C(=O)C(c3cccc(O)c3)CC3(C)C2C(CC2(C)C3CCC3=C(C(CC(O)C4OC4(C)C4CCCC4c4cccc(N)c4)C4CCCCC4)C(=O)CC32C)NC1. The lowest BCUT2D eigenvalue weighted by atomic mass is 9.34. The molecule has 6 N–H and O–H groups in total. The summed E-state index contributed by atoms with van der Waals surface area (Å²) in [5, 5.41) is 38.9. The lowest BCUT2D eigenvalue weighted by Gasteiger charge is -2.71. The van der Waals surface area contributed by atoms with E-state index in [-0.39, 0.29) is 57.8 Å². The predicted molar refractivity (Wildman–Crippen MR) is 256 cm³/mol. The third-order valence-electron chi connectivity index (χ3n) is 20.9. The van der Waals surface area contributed by atoms with Crippen LogP contribution in [-0.4, -0.2) is 62.9 Å². The van der Waals surface area contributed by atoms with Gasteiger partial charge >= 0.3 is 0 Å². The molecule has 2 aliphatic heterocycles. The number of aromatic hydroxyl groups is 1. The number of nitrogen functional groups attached to an aromatic ring is 1. The quantitative estimate of drug-likeness (QED) is 0.130. The van der Waals surface area contributed by atoms with Gasteiger partial charge in [-0.15, -0.1) is 0 Å². The van der Waals surface area contributed by atoms with Gasteiger partial charge in [-0.25, -0.2) is 0 Å². The number of carbonyl (C=O) groups is 2. The first kappa shape index (κ1) is 45.7. The molecule has 0 spiro atoms. The van der Waals surface area contributed by atoms with E-state index in [1.54, 1.807) is 6.07 Å². The first-order valence-corrected chi connectivity index (χ1v) is 26.1. The van der Waals surface area contributed by atoms with E-state index < -0.39 is 22.7 Å². The fraction of sp³-hybridized carbons (Fsp3) is 0.719. The molecule has 6 aliphatic carbocycles. The van der Waals surface area contributed by atoms with E-state index in [1.807, 2.05) is 31.2 Å². The maximum absolute atomic E-state index is 15.3. The summed E-state index contributed by atoms with van der Waals surface area (Å²) in [5.41, 5.74) is 8.88. The number of phenolic OH excluding ortho intramolecular Hbond substituents is 1. The number of aliphatic hydroxyl groups is 2. The first-order valence-electron chi connectivity index (χ1n) is 26.1. The second kappa shape index (κ2) is 16.3. The summed E-state index contributed by atoms with van der Waals surface area (Å²) < 4.78 is 6.69. The van der Waals surface area contributed by atoms with Crippen molar-refractivity contribution in [1.29, 1.82) is 0 Å². The standard InChI is InChI=1S/C57H80N2O6/c1-52(64)25-10-11-26-53(2)49-44(59-33-52)31-56(5)47(54(49,3)30-41(50(53)63)36-18-13-20-38(60)28-36)24-23-43-48(46(62)32-55(43,56)4)40(34-15-8-7-9-16-34)29-45(61)51-57(6,65-51)42-22-14-21-39(42)35-17-12-19-37(58)27-35/h12-13,17-20,27-28,34,39-42,44-45,47,49,51,59-61,64H,7-11,14-16,21-26,29-33,58H2,1-6H3. The molecular weight excluding hydrogens is 809 g/mol. The van der Waals surface area contributed by atoms with Gasteiger partial charge in [0.2, 0.25) is 0 Å². The fourth-order valence-electron chi connectivity index (χ4n) is 17.8. The zero-order chi connectivity index (χ0) is 45.9. The molecule has 0 aromatic heterocycles. The van der Waals surface area contributed by atoms with Crippen molar-refractivity contribution in [2.24, 2.45) is 51.2 Å². The number of nitrogens with one attached hydrogen (secondary N) is 1. The Kier molecular flexibility index (Phi) is 11.5. The highest BCUT2D eigenvalue weighted by Crippen LogP contribution is 2.75. The molecule has 2 aromatic rings. The Morgan fingerprint density at radius 1 is 0.846 bits per heavy atom. The van der Waals surface area contributed by atoms with Gasteiger partial charge in [-0.05, 0) is 172 Å². The molecule has 10 rings (SSSR count). The van der Waals surface area contributed by atoms with Gasteiger partial charge in [0, 0.05) is 41.4 Å². The number of rotatable bonds is 8. The van der Waals surface area contributed by atoms with Crippen LogP contribution >= 0.6 is 0 Å². The van der Waals surface area contributed by atoms with Crippen molar-refractivity contribution in [2.45, 2.75) is 198 Å². The molecule has 8 heteroatoms. The second-order valence-corrected chi connectivity index (χ2v) is 24.7. The van der Waals surface area contributed by atoms with Crippen LogP contribution in [0, 0.1) is 51.2 Å². The molecule has 2 saturated heterocycles. The summed E-state index contributed by atoms with van der Waals surface area (Å²) in [6, 6.07) is 15.7. The zero-order valence-corrected chi connectivity index (χ0v) is 40.5. The number of Topliss-reactive ketones (excluding diaryl/α,β-unsaturated/α-hetero) is 2. The molecule has 15 atom stereocenters. The molecule has 8 aliphatic rings. The van der Waals surface area contributed by atoms with Gasteiger partial charge < -0.3 is 31.1 Å². The number of aliphatic hydroxyl groups excluding tert-OH is 1. The van der Waals surface area contributed by atoms with Crippen molar-refractivity contribution in [3.05, 3.63) is 70.8 Å². The van der Waals surface area contributed by atoms with Gasteiger partial charge in [0.1, 0.15) is 17.6 Å². The van der Waals surface area contributed by atoms with Gasteiger partial charge in [-0.3, -0.25) is 9.59 Å². The number of fused-ring (bicyclic) bond motifs is 4. The van der Waals surface area contributed by atoms with Crippen LogP contribution in [0.15, 0.2) is 59.7 Å². The largest absolute Gasteiger partial charge is 0.508 e. The van der Waals surface area contributed by atoms with Crippen molar-refractivity contribution in [3.8, 4) is 5.75 Å². The second-order valence-electron chi connectivity index (χ2n) is 24.7. The normalized spacial score (nSPS) is 44.2. The molecule has 7 fully saturated rings. The topological polar surface area (TPSA) is 145 Å². The van der Waals surface area contributed by atoms with Crippen LogP contribution in [0.4, 0.5) is 5.69 Å². The van der Waals surface area contributed by atoms with Crippen molar-refractivity contribution in [1.82, 2.24) is 5.32 Å². The van der Waals surface area contributed by atoms with Crippen LogP contribution in [0.25, 0.3) is 0 Å². The van der Waals surface area contributed by atoms with Crippen molar-refractivity contribution in [2.75, 3.05) is 12.3 Å². The van der Waals surface area contributed by atoms with Gasteiger partial charge in [0.25, 0.3) is 0 Å². The van der Waals surface area contributed by atoms with E-state index in [1.165, 1.54) is 30.4 Å². The Morgan fingerprint density at radius 2 is 1.58 bits per heavy atom. The molecular formula is C57H80N2O6.